The Kier molecular flexibility index (Phi) is 6.90. The molecule has 0 aliphatic rings. The normalized spacial score (nSPS) is 12.0. The van der Waals surface area contributed by atoms with Crippen molar-refractivity contribution < 1.29 is 9.47 Å². The second kappa shape index (κ2) is 6.75. The van der Waals surface area contributed by atoms with Gasteiger partial charge in [-0.3, -0.25) is 0 Å². The molecule has 0 aromatic rings. The van der Waals surface area contributed by atoms with E-state index in [0.717, 1.165) is 12.4 Å². The van der Waals surface area contributed by atoms with Crippen molar-refractivity contribution in [1.29, 1.82) is 0 Å². The summed E-state index contributed by atoms with van der Waals surface area (Å²) in [6.45, 7) is 9.33. The molecule has 0 bridgehead atoms. The third-order valence-corrected chi connectivity index (χ3v) is 1.33. The smallest absolute Gasteiger partial charge is 0.0700 e. The van der Waals surface area contributed by atoms with Crippen LogP contribution in [0, 0.1) is 5.41 Å². The van der Waals surface area contributed by atoms with E-state index in [1.54, 1.807) is 0 Å². The van der Waals surface area contributed by atoms with Crippen molar-refractivity contribution in [2.45, 2.75) is 20.8 Å². The van der Waals surface area contributed by atoms with Gasteiger partial charge in [0.05, 0.1) is 26.4 Å². The minimum absolute atomic E-state index is 0.254. The lowest BCUT2D eigenvalue weighted by molar-refractivity contribution is 0.0233. The predicted octanol–water partition coefficient (Wildman–Crippen LogP) is 2.00. The monoisotopic (exact) mass is 192 g/mol. The molecule has 0 aromatic heterocycles. The first-order chi connectivity index (χ1) is 5.56. The molecule has 0 aromatic carbocycles. The van der Waals surface area contributed by atoms with Gasteiger partial charge < -0.3 is 9.47 Å². The van der Waals surface area contributed by atoms with E-state index in [-0.39, 0.29) is 5.41 Å². The van der Waals surface area contributed by atoms with Crippen LogP contribution in [0.2, 0.25) is 0 Å². The molecule has 0 saturated heterocycles. The van der Waals surface area contributed by atoms with Crippen molar-refractivity contribution in [2.24, 2.45) is 5.41 Å². The molecule has 0 aliphatic carbocycles. The van der Waals surface area contributed by atoms with Crippen molar-refractivity contribution >= 4 is 12.6 Å². The van der Waals surface area contributed by atoms with Gasteiger partial charge in [-0.1, -0.05) is 20.8 Å². The second-order valence-electron chi connectivity index (χ2n) is 3.95. The molecule has 12 heavy (non-hydrogen) atoms. The summed E-state index contributed by atoms with van der Waals surface area (Å²) in [6, 6.07) is 0. The van der Waals surface area contributed by atoms with Gasteiger partial charge in [0.2, 0.25) is 0 Å². The van der Waals surface area contributed by atoms with Crippen molar-refractivity contribution in [1.82, 2.24) is 0 Å². The highest BCUT2D eigenvalue weighted by Gasteiger charge is 2.09. The molecule has 0 spiro atoms. The van der Waals surface area contributed by atoms with Crippen LogP contribution < -0.4 is 0 Å². The number of rotatable bonds is 6. The van der Waals surface area contributed by atoms with Gasteiger partial charge in [0.15, 0.2) is 0 Å². The standard InChI is InChI=1S/C9H20O2S/c1-9(2,3)8-11-5-4-10-6-7-12/h12H,4-8H2,1-3H3. The van der Waals surface area contributed by atoms with E-state index < -0.39 is 0 Å². The van der Waals surface area contributed by atoms with Gasteiger partial charge in [0, 0.05) is 5.75 Å². The maximum absolute atomic E-state index is 5.39. The Morgan fingerprint density at radius 3 is 2.08 bits per heavy atom. The van der Waals surface area contributed by atoms with Crippen LogP contribution in [-0.4, -0.2) is 32.2 Å². The topological polar surface area (TPSA) is 18.5 Å². The lowest BCUT2D eigenvalue weighted by atomic mass is 9.99. The Bertz CT molecular complexity index is 99.2. The van der Waals surface area contributed by atoms with E-state index in [2.05, 4.69) is 33.4 Å². The fourth-order valence-corrected chi connectivity index (χ4v) is 0.792. The molecule has 74 valence electrons. The Labute approximate surface area is 81.0 Å². The summed E-state index contributed by atoms with van der Waals surface area (Å²) < 4.78 is 10.6. The van der Waals surface area contributed by atoms with Crippen LogP contribution in [0.25, 0.3) is 0 Å². The predicted molar refractivity (Wildman–Crippen MR) is 54.9 cm³/mol. The highest BCUT2D eigenvalue weighted by Crippen LogP contribution is 2.12. The molecule has 0 aliphatic heterocycles. The van der Waals surface area contributed by atoms with Crippen LogP contribution in [0.5, 0.6) is 0 Å². The van der Waals surface area contributed by atoms with Crippen LogP contribution >= 0.6 is 12.6 Å². The lowest BCUT2D eigenvalue weighted by Gasteiger charge is -2.17. The Morgan fingerprint density at radius 2 is 1.58 bits per heavy atom. The first-order valence-electron chi connectivity index (χ1n) is 4.32. The van der Waals surface area contributed by atoms with Gasteiger partial charge in [-0.05, 0) is 5.41 Å². The van der Waals surface area contributed by atoms with E-state index in [1.807, 2.05) is 0 Å². The zero-order chi connectivity index (χ0) is 9.45. The van der Waals surface area contributed by atoms with Crippen LogP contribution in [0.4, 0.5) is 0 Å². The molecule has 0 heterocycles. The zero-order valence-corrected chi connectivity index (χ0v) is 9.19. The van der Waals surface area contributed by atoms with Gasteiger partial charge in [-0.15, -0.1) is 0 Å². The second-order valence-corrected chi connectivity index (χ2v) is 4.40. The van der Waals surface area contributed by atoms with Crippen LogP contribution in [0.3, 0.4) is 0 Å². The van der Waals surface area contributed by atoms with Crippen LogP contribution in [-0.2, 0) is 9.47 Å². The molecule has 0 fully saturated rings. The number of thiol groups is 1. The number of ether oxygens (including phenoxy) is 2. The van der Waals surface area contributed by atoms with E-state index in [4.69, 9.17) is 9.47 Å². The van der Waals surface area contributed by atoms with Gasteiger partial charge in [0.25, 0.3) is 0 Å². The Morgan fingerprint density at radius 1 is 1.00 bits per heavy atom. The van der Waals surface area contributed by atoms with Crippen LogP contribution in [0.1, 0.15) is 20.8 Å². The lowest BCUT2D eigenvalue weighted by Crippen LogP contribution is -2.17. The van der Waals surface area contributed by atoms with E-state index >= 15 is 0 Å². The SMILES string of the molecule is CC(C)(C)COCCOCCS. The Balaban J connectivity index is 3.01. The highest BCUT2D eigenvalue weighted by atomic mass is 32.1. The average molecular weight is 192 g/mol. The summed E-state index contributed by atoms with van der Waals surface area (Å²) >= 11 is 4.03. The molecule has 2 nitrogen and oxygen atoms in total. The summed E-state index contributed by atoms with van der Waals surface area (Å²) in [5.74, 6) is 0.777. The first kappa shape index (κ1) is 12.3. The fourth-order valence-electron chi connectivity index (χ4n) is 0.663. The third kappa shape index (κ3) is 10.3. The van der Waals surface area contributed by atoms with E-state index in [9.17, 15) is 0 Å². The molecule has 0 radical (unpaired) electrons. The highest BCUT2D eigenvalue weighted by molar-refractivity contribution is 7.80. The number of hydrogen-bond donors (Lipinski definition) is 1. The molecule has 3 heteroatoms. The molecule has 0 amide bonds. The summed E-state index contributed by atoms with van der Waals surface area (Å²) in [5.41, 5.74) is 0.254. The van der Waals surface area contributed by atoms with Gasteiger partial charge >= 0.3 is 0 Å². The largest absolute Gasteiger partial charge is 0.379 e. The quantitative estimate of drug-likeness (QED) is 0.512. The minimum atomic E-state index is 0.254. The van der Waals surface area contributed by atoms with Crippen LogP contribution in [0.15, 0.2) is 0 Å². The number of hydrogen-bond acceptors (Lipinski definition) is 3. The minimum Gasteiger partial charge on any atom is -0.379 e. The molecular formula is C9H20O2S. The van der Waals surface area contributed by atoms with Gasteiger partial charge in [-0.25, -0.2) is 0 Å². The maximum Gasteiger partial charge on any atom is 0.0700 e. The van der Waals surface area contributed by atoms with Crippen molar-refractivity contribution in [3.05, 3.63) is 0 Å². The third-order valence-electron chi connectivity index (χ3n) is 1.14. The van der Waals surface area contributed by atoms with E-state index in [1.165, 1.54) is 0 Å². The molecular weight excluding hydrogens is 172 g/mol. The average Bonchev–Trinajstić information content (AvgIpc) is 1.94. The van der Waals surface area contributed by atoms with E-state index in [0.29, 0.717) is 19.8 Å². The van der Waals surface area contributed by atoms with Gasteiger partial charge in [0.1, 0.15) is 0 Å². The molecule has 0 saturated carbocycles. The van der Waals surface area contributed by atoms with Crippen molar-refractivity contribution in [2.75, 3.05) is 32.2 Å². The molecule has 0 unspecified atom stereocenters. The molecule has 0 rings (SSSR count). The fraction of sp³-hybridized carbons (Fsp3) is 1.00. The molecule has 0 N–H and O–H groups in total. The summed E-state index contributed by atoms with van der Waals surface area (Å²) in [5, 5.41) is 0. The van der Waals surface area contributed by atoms with Gasteiger partial charge in [-0.2, -0.15) is 12.6 Å². The maximum atomic E-state index is 5.39. The van der Waals surface area contributed by atoms with Crippen molar-refractivity contribution in [3.8, 4) is 0 Å². The Hall–Kier alpha value is 0.270. The summed E-state index contributed by atoms with van der Waals surface area (Å²) in [7, 11) is 0. The van der Waals surface area contributed by atoms with Crippen molar-refractivity contribution in [3.63, 3.8) is 0 Å². The summed E-state index contributed by atoms with van der Waals surface area (Å²) in [6.07, 6.45) is 0. The summed E-state index contributed by atoms with van der Waals surface area (Å²) in [4.78, 5) is 0. The first-order valence-corrected chi connectivity index (χ1v) is 4.96. The zero-order valence-electron chi connectivity index (χ0n) is 8.30. The molecule has 0 atom stereocenters.